The minimum atomic E-state index is -3.95. The van der Waals surface area contributed by atoms with Gasteiger partial charge in [-0.25, -0.2) is 12.8 Å². The summed E-state index contributed by atoms with van der Waals surface area (Å²) in [5, 5.41) is 2.93. The highest BCUT2D eigenvalue weighted by atomic mass is 32.2. The Hall–Kier alpha value is -2.93. The molecule has 0 radical (unpaired) electrons. The fourth-order valence-electron chi connectivity index (χ4n) is 2.91. The van der Waals surface area contributed by atoms with Crippen molar-refractivity contribution in [2.45, 2.75) is 31.1 Å². The summed E-state index contributed by atoms with van der Waals surface area (Å²) in [4.78, 5) is 12.9. The summed E-state index contributed by atoms with van der Waals surface area (Å²) in [6.45, 7) is 6.58. The van der Waals surface area contributed by atoms with E-state index in [0.717, 1.165) is 17.7 Å². The third kappa shape index (κ3) is 4.74. The SMILES string of the molecule is CC(C)(C)c1ccc(S(=O)(=O)Nc2ccc(F)cc2C(=O)C2=CCNC=C2)cc1. The van der Waals surface area contributed by atoms with Crippen LogP contribution in [-0.2, 0) is 15.4 Å². The molecule has 0 saturated carbocycles. The number of dihydropyridines is 1. The predicted molar refractivity (Wildman–Crippen MR) is 112 cm³/mol. The molecule has 0 amide bonds. The standard InChI is InChI=1S/C22H23FN2O3S/c1-22(2,3)16-4-7-18(8-5-16)29(27,28)25-20-9-6-17(23)14-19(20)21(26)15-10-12-24-13-11-15/h4-12,14,24-25H,13H2,1-3H3. The molecule has 3 rings (SSSR count). The summed E-state index contributed by atoms with van der Waals surface area (Å²) in [5.41, 5.74) is 1.24. The first-order valence-electron chi connectivity index (χ1n) is 9.16. The lowest BCUT2D eigenvalue weighted by Gasteiger charge is -2.19. The van der Waals surface area contributed by atoms with Gasteiger partial charge in [-0.3, -0.25) is 9.52 Å². The molecule has 0 saturated heterocycles. The summed E-state index contributed by atoms with van der Waals surface area (Å²) in [5.74, 6) is -1.08. The number of Topliss-reactive ketones (excluding diaryl/α,β-unsaturated/α-hetero) is 1. The number of ketones is 1. The molecule has 0 atom stereocenters. The molecule has 1 aliphatic rings. The Kier molecular flexibility index (Phi) is 5.61. The van der Waals surface area contributed by atoms with Crippen molar-refractivity contribution < 1.29 is 17.6 Å². The number of anilines is 1. The van der Waals surface area contributed by atoms with E-state index in [1.165, 1.54) is 18.2 Å². The molecule has 152 valence electrons. The molecular weight excluding hydrogens is 391 g/mol. The van der Waals surface area contributed by atoms with Gasteiger partial charge in [0.05, 0.1) is 10.6 Å². The van der Waals surface area contributed by atoms with Crippen LogP contribution in [0.1, 0.15) is 36.7 Å². The predicted octanol–water partition coefficient (Wildman–Crippen LogP) is 4.15. The molecule has 29 heavy (non-hydrogen) atoms. The average Bonchev–Trinajstić information content (AvgIpc) is 2.69. The van der Waals surface area contributed by atoms with Crippen molar-refractivity contribution in [1.29, 1.82) is 0 Å². The second-order valence-corrected chi connectivity index (χ2v) is 9.48. The van der Waals surface area contributed by atoms with Gasteiger partial charge in [-0.1, -0.05) is 39.0 Å². The van der Waals surface area contributed by atoms with Gasteiger partial charge >= 0.3 is 0 Å². The van der Waals surface area contributed by atoms with Crippen molar-refractivity contribution in [3.8, 4) is 0 Å². The number of hydrogen-bond acceptors (Lipinski definition) is 4. The molecule has 1 aliphatic heterocycles. The van der Waals surface area contributed by atoms with Crippen LogP contribution >= 0.6 is 0 Å². The highest BCUT2D eigenvalue weighted by molar-refractivity contribution is 7.92. The van der Waals surface area contributed by atoms with Crippen LogP contribution in [0.3, 0.4) is 0 Å². The van der Waals surface area contributed by atoms with Crippen molar-refractivity contribution in [2.75, 3.05) is 11.3 Å². The zero-order chi connectivity index (χ0) is 21.2. The smallest absolute Gasteiger partial charge is 0.261 e. The van der Waals surface area contributed by atoms with Gasteiger partial charge in [0.25, 0.3) is 10.0 Å². The normalized spacial score (nSPS) is 14.1. The minimum absolute atomic E-state index is 0.0316. The molecule has 0 aliphatic carbocycles. The molecule has 2 N–H and O–H groups in total. The van der Waals surface area contributed by atoms with Crippen molar-refractivity contribution in [1.82, 2.24) is 5.32 Å². The van der Waals surface area contributed by atoms with Gasteiger partial charge in [0.15, 0.2) is 5.78 Å². The van der Waals surface area contributed by atoms with Crippen molar-refractivity contribution in [3.05, 3.63) is 83.3 Å². The number of carbonyl (C=O) groups excluding carboxylic acids is 1. The third-order valence-corrected chi connectivity index (χ3v) is 5.97. The average molecular weight is 415 g/mol. The van der Waals surface area contributed by atoms with E-state index in [1.54, 1.807) is 30.5 Å². The van der Waals surface area contributed by atoms with Gasteiger partial charge in [0, 0.05) is 17.7 Å². The molecule has 0 spiro atoms. The minimum Gasteiger partial charge on any atom is -0.387 e. The zero-order valence-electron chi connectivity index (χ0n) is 16.5. The van der Waals surface area contributed by atoms with Gasteiger partial charge in [-0.05, 0) is 53.6 Å². The van der Waals surface area contributed by atoms with Crippen molar-refractivity contribution >= 4 is 21.5 Å². The van der Waals surface area contributed by atoms with E-state index in [9.17, 15) is 17.6 Å². The van der Waals surface area contributed by atoms with E-state index in [4.69, 9.17) is 0 Å². The van der Waals surface area contributed by atoms with E-state index in [1.807, 2.05) is 20.8 Å². The lowest BCUT2D eigenvalue weighted by molar-refractivity contribution is 0.103. The Bertz CT molecular complexity index is 1100. The van der Waals surface area contributed by atoms with Gasteiger partial charge in [-0.15, -0.1) is 0 Å². The highest BCUT2D eigenvalue weighted by Gasteiger charge is 2.22. The molecule has 0 bridgehead atoms. The molecule has 5 nitrogen and oxygen atoms in total. The fourth-order valence-corrected chi connectivity index (χ4v) is 3.99. The number of rotatable bonds is 5. The second-order valence-electron chi connectivity index (χ2n) is 7.80. The second kappa shape index (κ2) is 7.83. The summed E-state index contributed by atoms with van der Waals surface area (Å²) in [7, 11) is -3.95. The van der Waals surface area contributed by atoms with Crippen molar-refractivity contribution in [2.24, 2.45) is 0 Å². The number of nitrogens with one attached hydrogen (secondary N) is 2. The van der Waals surface area contributed by atoms with Crippen LogP contribution in [0.4, 0.5) is 10.1 Å². The van der Waals surface area contributed by atoms with E-state index in [2.05, 4.69) is 10.0 Å². The summed E-state index contributed by atoms with van der Waals surface area (Å²) in [6, 6.07) is 9.97. The molecule has 7 heteroatoms. The molecule has 0 unspecified atom stereocenters. The van der Waals surface area contributed by atoms with E-state index >= 15 is 0 Å². The van der Waals surface area contributed by atoms with Crippen LogP contribution in [0.2, 0.25) is 0 Å². The van der Waals surface area contributed by atoms with Crippen molar-refractivity contribution in [3.63, 3.8) is 0 Å². The molecule has 1 heterocycles. The van der Waals surface area contributed by atoms with E-state index in [0.29, 0.717) is 12.1 Å². The molecule has 2 aromatic rings. The largest absolute Gasteiger partial charge is 0.387 e. The van der Waals surface area contributed by atoms with Crippen LogP contribution in [-0.4, -0.2) is 20.7 Å². The Morgan fingerprint density at radius 1 is 1.10 bits per heavy atom. The first-order valence-corrected chi connectivity index (χ1v) is 10.6. The quantitative estimate of drug-likeness (QED) is 0.721. The molecule has 0 fully saturated rings. The Labute approximate surface area is 170 Å². The molecule has 2 aromatic carbocycles. The van der Waals surface area contributed by atoms with E-state index in [-0.39, 0.29) is 21.6 Å². The molecular formula is C22H23FN2O3S. The number of halogens is 1. The number of allylic oxidation sites excluding steroid dienone is 2. The lowest BCUT2D eigenvalue weighted by atomic mass is 9.87. The van der Waals surface area contributed by atoms with E-state index < -0.39 is 21.6 Å². The Morgan fingerprint density at radius 3 is 2.38 bits per heavy atom. The third-order valence-electron chi connectivity index (χ3n) is 4.58. The first kappa shape index (κ1) is 20.8. The summed E-state index contributed by atoms with van der Waals surface area (Å²) in [6.07, 6.45) is 4.85. The van der Waals surface area contributed by atoms with Gasteiger partial charge in [0.2, 0.25) is 0 Å². The highest BCUT2D eigenvalue weighted by Crippen LogP contribution is 2.27. The van der Waals surface area contributed by atoms with Crippen LogP contribution < -0.4 is 10.0 Å². The first-order chi connectivity index (χ1) is 13.6. The monoisotopic (exact) mass is 414 g/mol. The Morgan fingerprint density at radius 2 is 1.79 bits per heavy atom. The van der Waals surface area contributed by atoms with Gasteiger partial charge in [-0.2, -0.15) is 0 Å². The number of carbonyl (C=O) groups is 1. The van der Waals surface area contributed by atoms with Crippen LogP contribution in [0.15, 0.2) is 71.3 Å². The number of sulfonamides is 1. The maximum absolute atomic E-state index is 13.8. The number of benzene rings is 2. The zero-order valence-corrected chi connectivity index (χ0v) is 17.3. The topological polar surface area (TPSA) is 75.3 Å². The van der Waals surface area contributed by atoms with Crippen LogP contribution in [0.25, 0.3) is 0 Å². The fraction of sp³-hybridized carbons (Fsp3) is 0.227. The summed E-state index contributed by atoms with van der Waals surface area (Å²) < 4.78 is 41.9. The van der Waals surface area contributed by atoms with Crippen LogP contribution in [0, 0.1) is 5.82 Å². The lowest BCUT2D eigenvalue weighted by Crippen LogP contribution is -2.18. The maximum Gasteiger partial charge on any atom is 0.261 e. The maximum atomic E-state index is 13.8. The van der Waals surface area contributed by atoms with Gasteiger partial charge < -0.3 is 5.32 Å². The van der Waals surface area contributed by atoms with Gasteiger partial charge in [0.1, 0.15) is 5.82 Å². The Balaban J connectivity index is 1.94. The number of hydrogen-bond donors (Lipinski definition) is 2. The molecule has 0 aromatic heterocycles. The summed E-state index contributed by atoms with van der Waals surface area (Å²) >= 11 is 0. The van der Waals surface area contributed by atoms with Crippen LogP contribution in [0.5, 0.6) is 0 Å².